The molecule has 0 saturated carbocycles. The largest absolute Gasteiger partial charge is 0.477 e. The van der Waals surface area contributed by atoms with Gasteiger partial charge in [-0.25, -0.2) is 17.9 Å². The van der Waals surface area contributed by atoms with Crippen molar-refractivity contribution in [1.82, 2.24) is 14.7 Å². The van der Waals surface area contributed by atoms with Gasteiger partial charge in [-0.05, 0) is 13.0 Å². The van der Waals surface area contributed by atoms with Gasteiger partial charge < -0.3 is 5.11 Å². The third kappa shape index (κ3) is 3.38. The molecule has 0 bridgehead atoms. The van der Waals surface area contributed by atoms with E-state index in [0.717, 1.165) is 23.1 Å². The zero-order chi connectivity index (χ0) is 14.8. The van der Waals surface area contributed by atoms with Crippen LogP contribution in [0.3, 0.4) is 0 Å². The first kappa shape index (κ1) is 14.6. The van der Waals surface area contributed by atoms with E-state index in [1.165, 1.54) is 17.8 Å². The molecule has 0 spiro atoms. The molecular formula is C11H11N3O4S2. The normalized spacial score (nSPS) is 11.4. The lowest BCUT2D eigenvalue weighted by Crippen LogP contribution is -2.23. The van der Waals surface area contributed by atoms with Crippen LogP contribution in [0.4, 0.5) is 0 Å². The molecule has 0 aliphatic carbocycles. The van der Waals surface area contributed by atoms with E-state index in [1.807, 2.05) is 0 Å². The van der Waals surface area contributed by atoms with Gasteiger partial charge in [-0.15, -0.1) is 11.3 Å². The highest BCUT2D eigenvalue weighted by Crippen LogP contribution is 2.19. The fraction of sp³-hybridized carbons (Fsp3) is 0.182. The van der Waals surface area contributed by atoms with Crippen LogP contribution >= 0.6 is 11.3 Å². The third-order valence-corrected chi connectivity index (χ3v) is 4.82. The first-order valence-corrected chi connectivity index (χ1v) is 7.84. The van der Waals surface area contributed by atoms with Gasteiger partial charge in [-0.2, -0.15) is 0 Å². The molecule has 2 rings (SSSR count). The molecule has 0 fully saturated rings. The average molecular weight is 313 g/mol. The zero-order valence-electron chi connectivity index (χ0n) is 10.4. The molecule has 0 aromatic carbocycles. The first-order chi connectivity index (χ1) is 9.38. The number of nitrogens with one attached hydrogen (secondary N) is 1. The fourth-order valence-electron chi connectivity index (χ4n) is 1.33. The van der Waals surface area contributed by atoms with Crippen LogP contribution in [0, 0.1) is 6.92 Å². The molecule has 2 aromatic heterocycles. The van der Waals surface area contributed by atoms with Gasteiger partial charge in [0.2, 0.25) is 10.0 Å². The highest BCUT2D eigenvalue weighted by Gasteiger charge is 2.18. The summed E-state index contributed by atoms with van der Waals surface area (Å²) in [5.41, 5.74) is 1.22. The van der Waals surface area contributed by atoms with Crippen molar-refractivity contribution >= 4 is 27.3 Å². The maximum Gasteiger partial charge on any atom is 0.345 e. The molecule has 0 radical (unpaired) electrons. The van der Waals surface area contributed by atoms with Gasteiger partial charge >= 0.3 is 5.97 Å². The van der Waals surface area contributed by atoms with Gasteiger partial charge in [0.15, 0.2) is 0 Å². The summed E-state index contributed by atoms with van der Waals surface area (Å²) < 4.78 is 26.3. The molecule has 2 heterocycles. The standard InChI is InChI=1S/C11H11N3O4S2/c1-7-3-13-8(4-12-7)5-14-20(17,18)9-2-10(11(15)16)19-6-9/h2-4,6,14H,5H2,1H3,(H,15,16). The van der Waals surface area contributed by atoms with E-state index in [9.17, 15) is 13.2 Å². The molecule has 9 heteroatoms. The Hall–Kier alpha value is -1.84. The fourth-order valence-corrected chi connectivity index (χ4v) is 3.44. The molecule has 0 amide bonds. The van der Waals surface area contributed by atoms with Gasteiger partial charge in [0, 0.05) is 11.6 Å². The molecule has 7 nitrogen and oxygen atoms in total. The monoisotopic (exact) mass is 313 g/mol. The predicted molar refractivity (Wildman–Crippen MR) is 72.1 cm³/mol. The van der Waals surface area contributed by atoms with E-state index in [2.05, 4.69) is 14.7 Å². The minimum absolute atomic E-state index is 0.00609. The highest BCUT2D eigenvalue weighted by atomic mass is 32.2. The van der Waals surface area contributed by atoms with E-state index in [1.54, 1.807) is 6.92 Å². The van der Waals surface area contributed by atoms with Crippen LogP contribution in [0.25, 0.3) is 0 Å². The van der Waals surface area contributed by atoms with Crippen molar-refractivity contribution in [3.63, 3.8) is 0 Å². The van der Waals surface area contributed by atoms with Crippen LogP contribution in [-0.4, -0.2) is 29.5 Å². The molecule has 0 aliphatic rings. The van der Waals surface area contributed by atoms with Crippen molar-refractivity contribution < 1.29 is 18.3 Å². The molecule has 20 heavy (non-hydrogen) atoms. The topological polar surface area (TPSA) is 109 Å². The third-order valence-electron chi connectivity index (χ3n) is 2.37. The molecule has 2 aromatic rings. The molecule has 0 saturated heterocycles. The average Bonchev–Trinajstić information content (AvgIpc) is 2.89. The summed E-state index contributed by atoms with van der Waals surface area (Å²) in [6, 6.07) is 1.12. The smallest absolute Gasteiger partial charge is 0.345 e. The number of hydrogen-bond donors (Lipinski definition) is 2. The lowest BCUT2D eigenvalue weighted by molar-refractivity contribution is 0.0702. The Kier molecular flexibility index (Phi) is 4.12. The number of nitrogens with zero attached hydrogens (tertiary/aromatic N) is 2. The number of aryl methyl sites for hydroxylation is 1. The summed E-state index contributed by atoms with van der Waals surface area (Å²) in [5.74, 6) is -1.15. The van der Waals surface area contributed by atoms with E-state index in [0.29, 0.717) is 5.69 Å². The second kappa shape index (κ2) is 5.65. The van der Waals surface area contributed by atoms with E-state index < -0.39 is 16.0 Å². The van der Waals surface area contributed by atoms with Gasteiger partial charge in [0.05, 0.1) is 29.0 Å². The second-order valence-electron chi connectivity index (χ2n) is 3.93. The van der Waals surface area contributed by atoms with Crippen LogP contribution in [0.5, 0.6) is 0 Å². The molecular weight excluding hydrogens is 302 g/mol. The molecule has 106 valence electrons. The Morgan fingerprint density at radius 2 is 2.15 bits per heavy atom. The first-order valence-electron chi connectivity index (χ1n) is 5.47. The zero-order valence-corrected chi connectivity index (χ0v) is 12.0. The summed E-state index contributed by atoms with van der Waals surface area (Å²) in [6.07, 6.45) is 3.02. The van der Waals surface area contributed by atoms with Gasteiger partial charge in [-0.3, -0.25) is 9.97 Å². The number of rotatable bonds is 5. The van der Waals surface area contributed by atoms with Crippen molar-refractivity contribution in [2.45, 2.75) is 18.4 Å². The van der Waals surface area contributed by atoms with Crippen molar-refractivity contribution in [2.24, 2.45) is 0 Å². The van der Waals surface area contributed by atoms with Crippen LogP contribution in [0.15, 0.2) is 28.7 Å². The number of sulfonamides is 1. The summed E-state index contributed by atoms with van der Waals surface area (Å²) in [7, 11) is -3.75. The summed E-state index contributed by atoms with van der Waals surface area (Å²) in [4.78, 5) is 18.7. The van der Waals surface area contributed by atoms with Crippen molar-refractivity contribution in [1.29, 1.82) is 0 Å². The van der Waals surface area contributed by atoms with Crippen LogP contribution in [-0.2, 0) is 16.6 Å². The Balaban J connectivity index is 2.10. The van der Waals surface area contributed by atoms with Gasteiger partial charge in [0.25, 0.3) is 0 Å². The molecule has 0 atom stereocenters. The summed E-state index contributed by atoms with van der Waals surface area (Å²) in [5, 5.41) is 10.1. The van der Waals surface area contributed by atoms with Crippen LogP contribution < -0.4 is 4.72 Å². The molecule has 2 N–H and O–H groups in total. The van der Waals surface area contributed by atoms with Crippen molar-refractivity contribution in [3.8, 4) is 0 Å². The van der Waals surface area contributed by atoms with Crippen LogP contribution in [0.1, 0.15) is 21.1 Å². The predicted octanol–water partition coefficient (Wildman–Crippen LogP) is 1.02. The van der Waals surface area contributed by atoms with Crippen molar-refractivity contribution in [2.75, 3.05) is 0 Å². The highest BCUT2D eigenvalue weighted by molar-refractivity contribution is 7.89. The second-order valence-corrected chi connectivity index (χ2v) is 6.60. The number of aromatic nitrogens is 2. The number of carboxylic acids is 1. The lowest BCUT2D eigenvalue weighted by Gasteiger charge is -2.04. The number of hydrogen-bond acceptors (Lipinski definition) is 6. The quantitative estimate of drug-likeness (QED) is 0.853. The van der Waals surface area contributed by atoms with Gasteiger partial charge in [0.1, 0.15) is 4.88 Å². The van der Waals surface area contributed by atoms with E-state index in [4.69, 9.17) is 5.11 Å². The summed E-state index contributed by atoms with van der Waals surface area (Å²) in [6.45, 7) is 1.77. The molecule has 0 unspecified atom stereocenters. The number of carbonyl (C=O) groups is 1. The van der Waals surface area contributed by atoms with Gasteiger partial charge in [-0.1, -0.05) is 0 Å². The minimum atomic E-state index is -3.75. The Bertz CT molecular complexity index is 722. The summed E-state index contributed by atoms with van der Waals surface area (Å²) >= 11 is 0.861. The van der Waals surface area contributed by atoms with E-state index >= 15 is 0 Å². The number of carboxylic acid groups (broad SMARTS) is 1. The SMILES string of the molecule is Cc1cnc(CNS(=O)(=O)c2csc(C(=O)O)c2)cn1. The Morgan fingerprint density at radius 1 is 1.40 bits per heavy atom. The minimum Gasteiger partial charge on any atom is -0.477 e. The number of thiophene rings is 1. The van der Waals surface area contributed by atoms with Crippen molar-refractivity contribution in [3.05, 3.63) is 40.1 Å². The molecule has 0 aliphatic heterocycles. The lowest BCUT2D eigenvalue weighted by atomic mass is 10.4. The van der Waals surface area contributed by atoms with E-state index in [-0.39, 0.29) is 16.3 Å². The Labute approximate surface area is 119 Å². The maximum atomic E-state index is 12.0. The number of aromatic carboxylic acids is 1. The maximum absolute atomic E-state index is 12.0. The van der Waals surface area contributed by atoms with Crippen LogP contribution in [0.2, 0.25) is 0 Å². The Morgan fingerprint density at radius 3 is 2.70 bits per heavy atom.